The second kappa shape index (κ2) is 6.92. The quantitative estimate of drug-likeness (QED) is 0.856. The molecule has 0 unspecified atom stereocenters. The van der Waals surface area contributed by atoms with Gasteiger partial charge in [0.1, 0.15) is 18.1 Å². The summed E-state index contributed by atoms with van der Waals surface area (Å²) in [5.41, 5.74) is 2.11. The number of hydrogen-bond donors (Lipinski definition) is 1. The van der Waals surface area contributed by atoms with Crippen molar-refractivity contribution in [2.24, 2.45) is 0 Å². The molecule has 0 bridgehead atoms. The largest absolute Gasteiger partial charge is 0.492 e. The van der Waals surface area contributed by atoms with Gasteiger partial charge in [-0.3, -0.25) is 4.79 Å². The Hall–Kier alpha value is -2.20. The lowest BCUT2D eigenvalue weighted by Gasteiger charge is -2.12. The molecule has 1 heterocycles. The zero-order valence-electron chi connectivity index (χ0n) is 12.8. The second-order valence-electron chi connectivity index (χ2n) is 5.52. The van der Waals surface area contributed by atoms with Crippen molar-refractivity contribution in [3.8, 4) is 11.5 Å². The van der Waals surface area contributed by atoms with Crippen LogP contribution >= 0.6 is 11.6 Å². The van der Waals surface area contributed by atoms with E-state index in [4.69, 9.17) is 21.1 Å². The number of fused-ring (bicyclic) bond motifs is 1. The van der Waals surface area contributed by atoms with Crippen LogP contribution in [0.1, 0.15) is 11.1 Å². The number of benzene rings is 2. The van der Waals surface area contributed by atoms with Gasteiger partial charge in [0.25, 0.3) is 5.91 Å². The number of rotatable bonds is 5. The van der Waals surface area contributed by atoms with Gasteiger partial charge in [0.2, 0.25) is 0 Å². The Labute approximate surface area is 140 Å². The summed E-state index contributed by atoms with van der Waals surface area (Å²) in [6, 6.07) is 13.2. The molecule has 1 aliphatic heterocycles. The average molecular weight is 332 g/mol. The Morgan fingerprint density at radius 2 is 2.22 bits per heavy atom. The Morgan fingerprint density at radius 3 is 3.04 bits per heavy atom. The summed E-state index contributed by atoms with van der Waals surface area (Å²) in [5.74, 6) is 1.40. The molecule has 0 spiro atoms. The predicted molar refractivity (Wildman–Crippen MR) is 89.3 cm³/mol. The van der Waals surface area contributed by atoms with Crippen LogP contribution in [0.3, 0.4) is 0 Å². The van der Waals surface area contributed by atoms with Crippen molar-refractivity contribution in [1.29, 1.82) is 0 Å². The number of carbonyl (C=O) groups excluding carboxylic acids is 1. The smallest absolute Gasteiger partial charge is 0.261 e. The summed E-state index contributed by atoms with van der Waals surface area (Å²) < 4.78 is 11.2. The van der Waals surface area contributed by atoms with Crippen LogP contribution in [0.15, 0.2) is 42.5 Å². The first-order valence-corrected chi connectivity index (χ1v) is 7.92. The van der Waals surface area contributed by atoms with Gasteiger partial charge in [0.05, 0.1) is 6.54 Å². The van der Waals surface area contributed by atoms with Gasteiger partial charge in [-0.05, 0) is 48.4 Å². The molecule has 120 valence electrons. The van der Waals surface area contributed by atoms with Crippen molar-refractivity contribution in [2.45, 2.75) is 19.4 Å². The van der Waals surface area contributed by atoms with Crippen LogP contribution in [0, 0.1) is 6.92 Å². The van der Waals surface area contributed by atoms with E-state index in [1.54, 1.807) is 12.1 Å². The maximum Gasteiger partial charge on any atom is 0.261 e. The molecule has 0 radical (unpaired) electrons. The summed E-state index contributed by atoms with van der Waals surface area (Å²) >= 11 is 5.95. The first-order valence-electron chi connectivity index (χ1n) is 7.54. The molecule has 0 aromatic heterocycles. The lowest BCUT2D eigenvalue weighted by Crippen LogP contribution is -2.39. The van der Waals surface area contributed by atoms with E-state index < -0.39 is 6.10 Å². The molecule has 0 aliphatic carbocycles. The third-order valence-corrected chi connectivity index (χ3v) is 3.88. The average Bonchev–Trinajstić information content (AvgIpc) is 2.94. The van der Waals surface area contributed by atoms with E-state index in [9.17, 15) is 4.79 Å². The highest BCUT2D eigenvalue weighted by molar-refractivity contribution is 6.30. The molecule has 1 N–H and O–H groups in total. The van der Waals surface area contributed by atoms with Crippen molar-refractivity contribution < 1.29 is 14.3 Å². The fourth-order valence-corrected chi connectivity index (χ4v) is 2.72. The zero-order valence-corrected chi connectivity index (χ0v) is 13.6. The maximum atomic E-state index is 12.1. The van der Waals surface area contributed by atoms with E-state index in [-0.39, 0.29) is 5.91 Å². The van der Waals surface area contributed by atoms with E-state index >= 15 is 0 Å². The van der Waals surface area contributed by atoms with E-state index in [1.807, 2.05) is 37.3 Å². The molecule has 2 aromatic carbocycles. The standard InChI is InChI=1S/C18H18ClNO3/c1-12-3-2-4-15(9-12)22-8-7-20-18(21)17-11-13-10-14(19)5-6-16(13)23-17/h2-6,9-10,17H,7-8,11H2,1H3,(H,20,21)/t17-/m0/s1. The Bertz CT molecular complexity index is 717. The van der Waals surface area contributed by atoms with Gasteiger partial charge in [-0.15, -0.1) is 0 Å². The highest BCUT2D eigenvalue weighted by atomic mass is 35.5. The van der Waals surface area contributed by atoms with Gasteiger partial charge in [0, 0.05) is 11.4 Å². The molecule has 0 saturated heterocycles. The van der Waals surface area contributed by atoms with E-state index in [2.05, 4.69) is 5.32 Å². The second-order valence-corrected chi connectivity index (χ2v) is 5.96. The number of ether oxygens (including phenoxy) is 2. The van der Waals surface area contributed by atoms with Gasteiger partial charge in [-0.2, -0.15) is 0 Å². The molecule has 1 atom stereocenters. The van der Waals surface area contributed by atoms with Crippen molar-refractivity contribution >= 4 is 17.5 Å². The first-order chi connectivity index (χ1) is 11.1. The van der Waals surface area contributed by atoms with E-state index in [1.165, 1.54) is 0 Å². The van der Waals surface area contributed by atoms with Crippen molar-refractivity contribution in [3.05, 3.63) is 58.6 Å². The van der Waals surface area contributed by atoms with Gasteiger partial charge >= 0.3 is 0 Å². The number of carbonyl (C=O) groups is 1. The van der Waals surface area contributed by atoms with Gasteiger partial charge in [0.15, 0.2) is 6.10 Å². The fourth-order valence-electron chi connectivity index (χ4n) is 2.53. The molecule has 0 fully saturated rings. The van der Waals surface area contributed by atoms with Crippen LogP contribution < -0.4 is 14.8 Å². The third-order valence-electron chi connectivity index (χ3n) is 3.65. The molecular formula is C18H18ClNO3. The number of amides is 1. The van der Waals surface area contributed by atoms with Crippen molar-refractivity contribution in [2.75, 3.05) is 13.2 Å². The monoisotopic (exact) mass is 331 g/mol. The summed E-state index contributed by atoms with van der Waals surface area (Å²) in [4.78, 5) is 12.1. The topological polar surface area (TPSA) is 47.6 Å². The minimum Gasteiger partial charge on any atom is -0.492 e. The number of halogens is 1. The molecule has 4 nitrogen and oxygen atoms in total. The Kier molecular flexibility index (Phi) is 4.72. The minimum atomic E-state index is -0.498. The summed E-state index contributed by atoms with van der Waals surface area (Å²) in [6.45, 7) is 2.86. The van der Waals surface area contributed by atoms with Gasteiger partial charge in [-0.25, -0.2) is 0 Å². The molecule has 23 heavy (non-hydrogen) atoms. The lowest BCUT2D eigenvalue weighted by molar-refractivity contribution is -0.127. The van der Waals surface area contributed by atoms with Gasteiger partial charge < -0.3 is 14.8 Å². The zero-order chi connectivity index (χ0) is 16.2. The van der Waals surface area contributed by atoms with E-state index in [0.29, 0.717) is 24.6 Å². The fraction of sp³-hybridized carbons (Fsp3) is 0.278. The predicted octanol–water partition coefficient (Wildman–Crippen LogP) is 3.15. The summed E-state index contributed by atoms with van der Waals surface area (Å²) in [6.07, 6.45) is 0.0444. The normalized spacial score (nSPS) is 15.7. The minimum absolute atomic E-state index is 0.134. The molecule has 0 saturated carbocycles. The summed E-state index contributed by atoms with van der Waals surface area (Å²) in [7, 11) is 0. The van der Waals surface area contributed by atoms with Crippen LogP contribution in [0.4, 0.5) is 0 Å². The van der Waals surface area contributed by atoms with Crippen LogP contribution in [-0.4, -0.2) is 25.2 Å². The molecule has 2 aromatic rings. The molecule has 1 amide bonds. The molecular weight excluding hydrogens is 314 g/mol. The first kappa shape index (κ1) is 15.7. The van der Waals surface area contributed by atoms with Gasteiger partial charge in [-0.1, -0.05) is 23.7 Å². The summed E-state index contributed by atoms with van der Waals surface area (Å²) in [5, 5.41) is 3.49. The van der Waals surface area contributed by atoms with Crippen LogP contribution in [0.2, 0.25) is 5.02 Å². The van der Waals surface area contributed by atoms with Crippen molar-refractivity contribution in [3.63, 3.8) is 0 Å². The molecule has 5 heteroatoms. The third kappa shape index (κ3) is 3.96. The molecule has 3 rings (SSSR count). The number of nitrogens with one attached hydrogen (secondary N) is 1. The number of hydrogen-bond acceptors (Lipinski definition) is 3. The van der Waals surface area contributed by atoms with Crippen LogP contribution in [-0.2, 0) is 11.2 Å². The highest BCUT2D eigenvalue weighted by Crippen LogP contribution is 2.31. The van der Waals surface area contributed by atoms with E-state index in [0.717, 1.165) is 22.6 Å². The Balaban J connectivity index is 1.44. The molecule has 1 aliphatic rings. The lowest BCUT2D eigenvalue weighted by atomic mass is 10.1. The SMILES string of the molecule is Cc1cccc(OCCNC(=O)[C@@H]2Cc3cc(Cl)ccc3O2)c1. The van der Waals surface area contributed by atoms with Crippen molar-refractivity contribution in [1.82, 2.24) is 5.32 Å². The Morgan fingerprint density at radius 1 is 1.35 bits per heavy atom. The van der Waals surface area contributed by atoms with Crippen LogP contribution in [0.5, 0.6) is 11.5 Å². The highest BCUT2D eigenvalue weighted by Gasteiger charge is 2.28. The van der Waals surface area contributed by atoms with Crippen LogP contribution in [0.25, 0.3) is 0 Å². The maximum absolute atomic E-state index is 12.1. The number of aryl methyl sites for hydroxylation is 1.